The average Bonchev–Trinajstić information content (AvgIpc) is 3.25. The summed E-state index contributed by atoms with van der Waals surface area (Å²) in [6, 6.07) is 9.38. The standard InChI is InChI=1S/C25H24Cl2F2N4O3/c26-17-3-4-18(19(27)13-17)25(15-30)6-10-32(11-7-25)9-1-8-31-23(34)33-22(14-36-24(33)35)16-2-5-20(28)21(29)12-16/h2-5,12-13,22H,1,6-11,14H2,(H,31,34). The summed E-state index contributed by atoms with van der Waals surface area (Å²) in [4.78, 5) is 27.8. The number of rotatable bonds is 6. The van der Waals surface area contributed by atoms with E-state index in [0.29, 0.717) is 55.5 Å². The fraction of sp³-hybridized carbons (Fsp3) is 0.400. The Labute approximate surface area is 217 Å². The van der Waals surface area contributed by atoms with E-state index in [4.69, 9.17) is 27.9 Å². The Morgan fingerprint density at radius 1 is 1.17 bits per heavy atom. The number of amides is 3. The van der Waals surface area contributed by atoms with Crippen LogP contribution in [0.5, 0.6) is 0 Å². The summed E-state index contributed by atoms with van der Waals surface area (Å²) in [5.74, 6) is -2.08. The van der Waals surface area contributed by atoms with E-state index in [0.717, 1.165) is 22.6 Å². The Morgan fingerprint density at radius 3 is 2.58 bits per heavy atom. The maximum Gasteiger partial charge on any atom is 0.418 e. The van der Waals surface area contributed by atoms with Gasteiger partial charge in [0.25, 0.3) is 0 Å². The highest BCUT2D eigenvalue weighted by Gasteiger charge is 2.40. The first-order chi connectivity index (χ1) is 17.2. The van der Waals surface area contributed by atoms with E-state index in [1.807, 2.05) is 6.07 Å². The molecule has 2 saturated heterocycles. The smallest absolute Gasteiger partial charge is 0.418 e. The maximum absolute atomic E-state index is 13.6. The van der Waals surface area contributed by atoms with Crippen molar-refractivity contribution in [1.82, 2.24) is 15.1 Å². The Morgan fingerprint density at radius 2 is 1.92 bits per heavy atom. The van der Waals surface area contributed by atoms with Gasteiger partial charge < -0.3 is 15.0 Å². The zero-order chi connectivity index (χ0) is 25.9. The summed E-state index contributed by atoms with van der Waals surface area (Å²) in [6.45, 7) is 2.24. The van der Waals surface area contributed by atoms with Crippen LogP contribution in [0.3, 0.4) is 0 Å². The summed E-state index contributed by atoms with van der Waals surface area (Å²) >= 11 is 12.4. The third kappa shape index (κ3) is 5.41. The van der Waals surface area contributed by atoms with E-state index in [1.165, 1.54) is 6.07 Å². The Bertz CT molecular complexity index is 1200. The second kappa shape index (κ2) is 11.0. The molecule has 2 aliphatic rings. The molecular formula is C25H24Cl2F2N4O3. The number of carbonyl (C=O) groups is 2. The highest BCUT2D eigenvalue weighted by molar-refractivity contribution is 6.35. The van der Waals surface area contributed by atoms with Crippen LogP contribution >= 0.6 is 23.2 Å². The third-order valence-electron chi connectivity index (χ3n) is 6.72. The second-order valence-corrected chi connectivity index (χ2v) is 9.73. The monoisotopic (exact) mass is 536 g/mol. The van der Waals surface area contributed by atoms with Crippen molar-refractivity contribution in [2.45, 2.75) is 30.7 Å². The normalized spacial score (nSPS) is 19.6. The lowest BCUT2D eigenvalue weighted by Gasteiger charge is -2.38. The summed E-state index contributed by atoms with van der Waals surface area (Å²) in [7, 11) is 0. The number of benzene rings is 2. The zero-order valence-electron chi connectivity index (χ0n) is 19.3. The Balaban J connectivity index is 1.27. The molecule has 36 heavy (non-hydrogen) atoms. The topological polar surface area (TPSA) is 85.7 Å². The first kappa shape index (κ1) is 26.1. The number of hydrogen-bond acceptors (Lipinski definition) is 5. The van der Waals surface area contributed by atoms with Crippen LogP contribution in [0.25, 0.3) is 0 Å². The quantitative estimate of drug-likeness (QED) is 0.498. The van der Waals surface area contributed by atoms with Gasteiger partial charge in [0.1, 0.15) is 12.6 Å². The van der Waals surface area contributed by atoms with Crippen molar-refractivity contribution in [2.24, 2.45) is 0 Å². The molecule has 0 radical (unpaired) electrons. The van der Waals surface area contributed by atoms with Gasteiger partial charge >= 0.3 is 12.1 Å². The fourth-order valence-electron chi connectivity index (χ4n) is 4.67. The van der Waals surface area contributed by atoms with Crippen molar-refractivity contribution in [3.63, 3.8) is 0 Å². The number of halogens is 4. The molecule has 7 nitrogen and oxygen atoms in total. The third-order valence-corrected chi connectivity index (χ3v) is 7.27. The van der Waals surface area contributed by atoms with Crippen LogP contribution in [0.2, 0.25) is 10.0 Å². The van der Waals surface area contributed by atoms with E-state index in [2.05, 4.69) is 16.3 Å². The summed E-state index contributed by atoms with van der Waals surface area (Å²) in [5.41, 5.74) is 0.387. The minimum absolute atomic E-state index is 0.136. The predicted octanol–water partition coefficient (Wildman–Crippen LogP) is 5.42. The number of carbonyl (C=O) groups excluding carboxylic acids is 2. The number of ether oxygens (including phenoxy) is 1. The largest absolute Gasteiger partial charge is 0.446 e. The molecule has 2 aromatic rings. The lowest BCUT2D eigenvalue weighted by Crippen LogP contribution is -2.44. The van der Waals surface area contributed by atoms with Crippen molar-refractivity contribution in [3.8, 4) is 6.07 Å². The Kier molecular flexibility index (Phi) is 7.98. The van der Waals surface area contributed by atoms with Crippen LogP contribution in [0, 0.1) is 23.0 Å². The van der Waals surface area contributed by atoms with Crippen molar-refractivity contribution in [3.05, 3.63) is 69.2 Å². The predicted molar refractivity (Wildman–Crippen MR) is 130 cm³/mol. The summed E-state index contributed by atoms with van der Waals surface area (Å²) < 4.78 is 31.9. The van der Waals surface area contributed by atoms with E-state index < -0.39 is 35.2 Å². The number of imide groups is 1. The van der Waals surface area contributed by atoms with E-state index >= 15 is 0 Å². The van der Waals surface area contributed by atoms with E-state index in [9.17, 15) is 23.6 Å². The second-order valence-electron chi connectivity index (χ2n) is 8.88. The molecule has 190 valence electrons. The van der Waals surface area contributed by atoms with Crippen molar-refractivity contribution in [2.75, 3.05) is 32.8 Å². The molecule has 1 unspecified atom stereocenters. The van der Waals surface area contributed by atoms with Crippen LogP contribution in [-0.2, 0) is 10.2 Å². The maximum atomic E-state index is 13.6. The van der Waals surface area contributed by atoms with Gasteiger partial charge in [0.05, 0.1) is 11.5 Å². The highest BCUT2D eigenvalue weighted by atomic mass is 35.5. The molecule has 0 spiro atoms. The number of nitriles is 1. The zero-order valence-corrected chi connectivity index (χ0v) is 20.8. The van der Waals surface area contributed by atoms with Crippen molar-refractivity contribution >= 4 is 35.3 Å². The van der Waals surface area contributed by atoms with Gasteiger partial charge in [0, 0.05) is 16.6 Å². The molecule has 2 fully saturated rings. The molecule has 0 aromatic heterocycles. The molecule has 4 rings (SSSR count). The summed E-state index contributed by atoms with van der Waals surface area (Å²) in [5, 5.41) is 13.6. The number of cyclic esters (lactones) is 1. The molecule has 0 bridgehead atoms. The molecule has 0 aliphatic carbocycles. The molecule has 0 saturated carbocycles. The Hall–Kier alpha value is -2.93. The van der Waals surface area contributed by atoms with Gasteiger partial charge in [0.2, 0.25) is 0 Å². The number of piperidine rings is 1. The van der Waals surface area contributed by atoms with Gasteiger partial charge in [-0.05, 0) is 74.3 Å². The number of urea groups is 1. The highest BCUT2D eigenvalue weighted by Crippen LogP contribution is 2.39. The van der Waals surface area contributed by atoms with Crippen molar-refractivity contribution < 1.29 is 23.1 Å². The molecular weight excluding hydrogens is 513 g/mol. The number of nitrogens with zero attached hydrogens (tertiary/aromatic N) is 3. The van der Waals surface area contributed by atoms with E-state index in [1.54, 1.807) is 12.1 Å². The number of likely N-dealkylation sites (tertiary alicyclic amines) is 1. The first-order valence-corrected chi connectivity index (χ1v) is 12.3. The fourth-order valence-corrected chi connectivity index (χ4v) is 5.26. The lowest BCUT2D eigenvalue weighted by atomic mass is 9.74. The number of nitrogens with one attached hydrogen (secondary N) is 1. The SMILES string of the molecule is N#CC1(c2ccc(Cl)cc2Cl)CCN(CCCNC(=O)N2C(=O)OCC2c2ccc(F)c(F)c2)CC1. The van der Waals surface area contributed by atoms with Gasteiger partial charge in [-0.15, -0.1) is 0 Å². The van der Waals surface area contributed by atoms with Crippen LogP contribution in [-0.4, -0.2) is 54.7 Å². The van der Waals surface area contributed by atoms with Crippen LogP contribution in [0.15, 0.2) is 36.4 Å². The molecule has 1 N–H and O–H groups in total. The van der Waals surface area contributed by atoms with Crippen molar-refractivity contribution in [1.29, 1.82) is 5.26 Å². The lowest BCUT2D eigenvalue weighted by molar-refractivity contribution is 0.157. The summed E-state index contributed by atoms with van der Waals surface area (Å²) in [6.07, 6.45) is 1.01. The minimum atomic E-state index is -1.06. The van der Waals surface area contributed by atoms with Gasteiger partial charge in [-0.3, -0.25) is 0 Å². The molecule has 3 amide bonds. The molecule has 1 atom stereocenters. The molecule has 2 aliphatic heterocycles. The van der Waals surface area contributed by atoms with Crippen LogP contribution < -0.4 is 5.32 Å². The van der Waals surface area contributed by atoms with Crippen LogP contribution in [0.1, 0.15) is 36.4 Å². The van der Waals surface area contributed by atoms with E-state index in [-0.39, 0.29) is 12.2 Å². The van der Waals surface area contributed by atoms with Gasteiger partial charge in [0.15, 0.2) is 11.6 Å². The van der Waals surface area contributed by atoms with Gasteiger partial charge in [-0.25, -0.2) is 23.3 Å². The van der Waals surface area contributed by atoms with Crippen LogP contribution in [0.4, 0.5) is 18.4 Å². The molecule has 2 heterocycles. The molecule has 11 heteroatoms. The minimum Gasteiger partial charge on any atom is -0.446 e. The first-order valence-electron chi connectivity index (χ1n) is 11.5. The van der Waals surface area contributed by atoms with Gasteiger partial charge in [-0.1, -0.05) is 35.3 Å². The molecule has 2 aromatic carbocycles. The van der Waals surface area contributed by atoms with Gasteiger partial charge in [-0.2, -0.15) is 5.26 Å². The average molecular weight is 537 g/mol. The number of hydrogen-bond donors (Lipinski definition) is 1.